The van der Waals surface area contributed by atoms with Crippen LogP contribution in [-0.4, -0.2) is 46.4 Å². The highest BCUT2D eigenvalue weighted by Gasteiger charge is 2.50. The number of benzene rings is 2. The summed E-state index contributed by atoms with van der Waals surface area (Å²) < 4.78 is 60.4. The normalized spacial score (nSPS) is 16.0. The minimum Gasteiger partial charge on any atom is -0.496 e. The third-order valence-corrected chi connectivity index (χ3v) is 7.79. The van der Waals surface area contributed by atoms with Crippen molar-refractivity contribution < 1.29 is 27.1 Å². The summed E-state index contributed by atoms with van der Waals surface area (Å²) in [6.07, 6.45) is -0.416. The molecule has 0 atom stereocenters. The summed E-state index contributed by atoms with van der Waals surface area (Å²) in [4.78, 5) is 17.2. The summed E-state index contributed by atoms with van der Waals surface area (Å²) in [5.74, 6) is -0.0221. The predicted molar refractivity (Wildman–Crippen MR) is 146 cm³/mol. The fraction of sp³-hybridized carbons (Fsp3) is 0.367. The van der Waals surface area contributed by atoms with Gasteiger partial charge in [0.1, 0.15) is 11.6 Å². The van der Waals surface area contributed by atoms with Gasteiger partial charge in [0.2, 0.25) is 0 Å². The topological polar surface area (TPSA) is 80.5 Å². The number of imidazole rings is 1. The van der Waals surface area contributed by atoms with Gasteiger partial charge in [-0.1, -0.05) is 6.07 Å². The van der Waals surface area contributed by atoms with E-state index < -0.39 is 23.8 Å². The van der Waals surface area contributed by atoms with E-state index in [0.29, 0.717) is 52.4 Å². The molecule has 0 unspecified atom stereocenters. The molecule has 6 rings (SSSR count). The van der Waals surface area contributed by atoms with Gasteiger partial charge in [-0.3, -0.25) is 4.79 Å². The number of carbonyl (C=O) groups excluding carboxylic acids is 1. The zero-order valence-electron chi connectivity index (χ0n) is 22.6. The Hall–Kier alpha value is -4.15. The van der Waals surface area contributed by atoms with Crippen LogP contribution in [0.3, 0.4) is 0 Å². The molecule has 11 heteroatoms. The number of ether oxygens (including phenoxy) is 1. The van der Waals surface area contributed by atoms with E-state index in [1.807, 2.05) is 19.1 Å². The van der Waals surface area contributed by atoms with Crippen molar-refractivity contribution in [1.82, 2.24) is 19.9 Å². The number of alkyl halides is 3. The first kappa shape index (κ1) is 27.0. The van der Waals surface area contributed by atoms with Crippen molar-refractivity contribution in [3.63, 3.8) is 0 Å². The van der Waals surface area contributed by atoms with Crippen LogP contribution in [0.5, 0.6) is 5.75 Å². The molecular weight excluding hydrogens is 538 g/mol. The smallest absolute Gasteiger partial charge is 0.390 e. The summed E-state index contributed by atoms with van der Waals surface area (Å²) in [6.45, 7) is 1.51. The average Bonchev–Trinajstić information content (AvgIpc) is 3.86. The quantitative estimate of drug-likeness (QED) is 0.236. The number of aryl methyl sites for hydroxylation is 1. The Bertz CT molecular complexity index is 1640. The molecule has 2 N–H and O–H groups in total. The number of methoxy groups -OCH3 is 1. The minimum atomic E-state index is -4.32. The number of hydrogen-bond acceptors (Lipinski definition) is 5. The van der Waals surface area contributed by atoms with E-state index in [1.54, 1.807) is 28.9 Å². The van der Waals surface area contributed by atoms with Gasteiger partial charge in [-0.05, 0) is 74.6 Å². The fourth-order valence-electron chi connectivity index (χ4n) is 5.28. The Morgan fingerprint density at radius 2 is 1.93 bits per heavy atom. The van der Waals surface area contributed by atoms with Gasteiger partial charge in [0.15, 0.2) is 5.65 Å². The van der Waals surface area contributed by atoms with Crippen LogP contribution in [0.1, 0.15) is 59.3 Å². The second kappa shape index (κ2) is 10.0. The molecule has 2 aromatic heterocycles. The summed E-state index contributed by atoms with van der Waals surface area (Å²) in [6, 6.07) is 11.7. The summed E-state index contributed by atoms with van der Waals surface area (Å²) in [7, 11) is 1.51. The number of nitrogens with one attached hydrogen (secondary N) is 2. The Kier molecular flexibility index (Phi) is 6.62. The van der Waals surface area contributed by atoms with Crippen LogP contribution >= 0.6 is 0 Å². The first-order valence-electron chi connectivity index (χ1n) is 13.5. The lowest BCUT2D eigenvalue weighted by Gasteiger charge is -2.20. The maximum Gasteiger partial charge on any atom is 0.390 e. The Morgan fingerprint density at radius 3 is 2.59 bits per heavy atom. The zero-order valence-corrected chi connectivity index (χ0v) is 22.6. The standard InChI is InChI=1S/C30H29F4N5O2/c1-17-13-18(3-7-21(17)28(40)37-20-5-6-20)24-16-36-27-23(35-12-11-30(32,33)34)15-26(38-39(24)27)29(9-10-29)22-14-19(31)4-8-25(22)41-2/h3-4,7-8,13-16,20,35H,5-6,9-12H2,1-2H3,(H,37,40). The Morgan fingerprint density at radius 1 is 1.15 bits per heavy atom. The highest BCUT2D eigenvalue weighted by Crippen LogP contribution is 2.56. The van der Waals surface area contributed by atoms with Crippen molar-refractivity contribution in [2.75, 3.05) is 19.0 Å². The van der Waals surface area contributed by atoms with Crippen molar-refractivity contribution in [3.8, 4) is 17.0 Å². The molecule has 41 heavy (non-hydrogen) atoms. The number of rotatable bonds is 9. The van der Waals surface area contributed by atoms with Crippen molar-refractivity contribution in [2.24, 2.45) is 0 Å². The maximum atomic E-state index is 14.4. The summed E-state index contributed by atoms with van der Waals surface area (Å²) in [5.41, 5.74) is 4.01. The SMILES string of the molecule is COc1ccc(F)cc1C1(c2cc(NCCC(F)(F)F)c3ncc(-c4ccc(C(=O)NC5CC5)c(C)c4)n3n2)CC1. The number of aromatic nitrogens is 3. The lowest BCUT2D eigenvalue weighted by atomic mass is 9.91. The van der Waals surface area contributed by atoms with Crippen LogP contribution in [0.15, 0.2) is 48.7 Å². The van der Waals surface area contributed by atoms with Gasteiger partial charge in [-0.2, -0.15) is 18.3 Å². The van der Waals surface area contributed by atoms with Gasteiger partial charge in [0, 0.05) is 34.7 Å². The monoisotopic (exact) mass is 567 g/mol. The molecule has 214 valence electrons. The average molecular weight is 568 g/mol. The van der Waals surface area contributed by atoms with Crippen molar-refractivity contribution in [3.05, 3.63) is 76.9 Å². The number of fused-ring (bicyclic) bond motifs is 1. The van der Waals surface area contributed by atoms with Gasteiger partial charge in [0.25, 0.3) is 5.91 Å². The van der Waals surface area contributed by atoms with E-state index in [4.69, 9.17) is 9.84 Å². The van der Waals surface area contributed by atoms with Gasteiger partial charge >= 0.3 is 6.18 Å². The predicted octanol–water partition coefficient (Wildman–Crippen LogP) is 6.19. The molecule has 0 radical (unpaired) electrons. The lowest BCUT2D eigenvalue weighted by molar-refractivity contribution is -0.131. The third-order valence-electron chi connectivity index (χ3n) is 7.79. The van der Waals surface area contributed by atoms with Gasteiger partial charge in [-0.15, -0.1) is 0 Å². The number of carbonyl (C=O) groups is 1. The molecule has 0 spiro atoms. The molecule has 1 amide bonds. The van der Waals surface area contributed by atoms with E-state index in [-0.39, 0.29) is 18.5 Å². The number of nitrogens with zero attached hydrogens (tertiary/aromatic N) is 3. The molecule has 2 heterocycles. The molecular formula is C30H29F4N5O2. The van der Waals surface area contributed by atoms with Gasteiger partial charge < -0.3 is 15.4 Å². The maximum absolute atomic E-state index is 14.4. The fourth-order valence-corrected chi connectivity index (χ4v) is 5.28. The minimum absolute atomic E-state index is 0.119. The molecule has 0 bridgehead atoms. The highest BCUT2D eigenvalue weighted by molar-refractivity contribution is 5.96. The molecule has 2 aliphatic rings. The first-order valence-corrected chi connectivity index (χ1v) is 13.5. The van der Waals surface area contributed by atoms with Crippen molar-refractivity contribution in [2.45, 2.75) is 56.7 Å². The summed E-state index contributed by atoms with van der Waals surface area (Å²) in [5, 5.41) is 10.8. The second-order valence-corrected chi connectivity index (χ2v) is 10.8. The summed E-state index contributed by atoms with van der Waals surface area (Å²) >= 11 is 0. The van der Waals surface area contributed by atoms with Crippen LogP contribution in [0.4, 0.5) is 23.2 Å². The van der Waals surface area contributed by atoms with E-state index in [1.165, 1.54) is 19.2 Å². The molecule has 4 aromatic rings. The third kappa shape index (κ3) is 5.32. The molecule has 2 aromatic carbocycles. The zero-order chi connectivity index (χ0) is 28.9. The number of anilines is 1. The number of halogens is 4. The highest BCUT2D eigenvalue weighted by atomic mass is 19.4. The lowest BCUT2D eigenvalue weighted by Crippen LogP contribution is -2.26. The van der Waals surface area contributed by atoms with E-state index >= 15 is 0 Å². The molecule has 2 aliphatic carbocycles. The second-order valence-electron chi connectivity index (χ2n) is 10.8. The van der Waals surface area contributed by atoms with Crippen LogP contribution in [0.25, 0.3) is 16.9 Å². The van der Waals surface area contributed by atoms with E-state index in [2.05, 4.69) is 15.6 Å². The van der Waals surface area contributed by atoms with E-state index in [0.717, 1.165) is 24.0 Å². The van der Waals surface area contributed by atoms with Gasteiger partial charge in [0.05, 0.1) is 36.8 Å². The first-order chi connectivity index (χ1) is 19.6. The number of hydrogen-bond donors (Lipinski definition) is 2. The number of amides is 1. The van der Waals surface area contributed by atoms with Crippen LogP contribution < -0.4 is 15.4 Å². The van der Waals surface area contributed by atoms with Crippen LogP contribution in [-0.2, 0) is 5.41 Å². The van der Waals surface area contributed by atoms with Gasteiger partial charge in [-0.25, -0.2) is 13.9 Å². The van der Waals surface area contributed by atoms with Crippen molar-refractivity contribution >= 4 is 17.2 Å². The molecule has 7 nitrogen and oxygen atoms in total. The molecule has 2 fully saturated rings. The van der Waals surface area contributed by atoms with Crippen molar-refractivity contribution in [1.29, 1.82) is 0 Å². The Labute approximate surface area is 233 Å². The largest absolute Gasteiger partial charge is 0.496 e. The Balaban J connectivity index is 1.44. The van der Waals surface area contributed by atoms with E-state index in [9.17, 15) is 22.4 Å². The van der Waals surface area contributed by atoms with Crippen LogP contribution in [0.2, 0.25) is 0 Å². The molecule has 0 saturated heterocycles. The van der Waals surface area contributed by atoms with Crippen LogP contribution in [0, 0.1) is 12.7 Å². The molecule has 0 aliphatic heterocycles. The molecule has 2 saturated carbocycles.